The predicted octanol–water partition coefficient (Wildman–Crippen LogP) is 2.52. The Morgan fingerprint density at radius 1 is 1.44 bits per heavy atom. The Balaban J connectivity index is 3.16. The second-order valence-electron chi connectivity index (χ2n) is 2.72. The molecule has 0 bridgehead atoms. The van der Waals surface area contributed by atoms with Gasteiger partial charge in [-0.25, -0.2) is 4.79 Å². The number of benzene rings is 1. The molecule has 16 heavy (non-hydrogen) atoms. The topological polar surface area (TPSA) is 72.5 Å². The van der Waals surface area contributed by atoms with Gasteiger partial charge in [-0.1, -0.05) is 11.6 Å². The van der Waals surface area contributed by atoms with E-state index < -0.39 is 23.1 Å². The average Bonchev–Trinajstić information content (AvgIpc) is 2.07. The molecule has 4 nitrogen and oxygen atoms in total. The van der Waals surface area contributed by atoms with Crippen molar-refractivity contribution in [3.05, 3.63) is 22.7 Å². The van der Waals surface area contributed by atoms with E-state index in [1.165, 1.54) is 0 Å². The molecule has 0 amide bonds. The van der Waals surface area contributed by atoms with Crippen LogP contribution in [0.1, 0.15) is 10.4 Å². The van der Waals surface area contributed by atoms with E-state index >= 15 is 0 Å². The number of anilines is 1. The largest absolute Gasteiger partial charge is 0.573 e. The maximum Gasteiger partial charge on any atom is 0.573 e. The van der Waals surface area contributed by atoms with E-state index in [-0.39, 0.29) is 11.3 Å². The summed E-state index contributed by atoms with van der Waals surface area (Å²) in [5.74, 6) is -2.13. The molecule has 88 valence electrons. The number of nitrogen functional groups attached to an aromatic ring is 1. The van der Waals surface area contributed by atoms with Gasteiger partial charge in [-0.05, 0) is 6.07 Å². The Labute approximate surface area is 92.4 Å². The Kier molecular flexibility index (Phi) is 3.18. The molecule has 0 spiro atoms. The van der Waals surface area contributed by atoms with Gasteiger partial charge < -0.3 is 15.6 Å². The van der Waals surface area contributed by atoms with Crippen LogP contribution in [0.25, 0.3) is 0 Å². The molecule has 0 fully saturated rings. The van der Waals surface area contributed by atoms with Gasteiger partial charge in [-0.2, -0.15) is 0 Å². The highest BCUT2D eigenvalue weighted by Gasteiger charge is 2.32. The van der Waals surface area contributed by atoms with Gasteiger partial charge >= 0.3 is 12.3 Å². The van der Waals surface area contributed by atoms with E-state index in [0.717, 1.165) is 6.07 Å². The van der Waals surface area contributed by atoms with E-state index in [1.54, 1.807) is 0 Å². The molecule has 3 N–H and O–H groups in total. The monoisotopic (exact) mass is 255 g/mol. The average molecular weight is 256 g/mol. The third-order valence-electron chi connectivity index (χ3n) is 1.56. The second kappa shape index (κ2) is 4.09. The normalized spacial score (nSPS) is 11.2. The maximum absolute atomic E-state index is 11.9. The van der Waals surface area contributed by atoms with E-state index in [2.05, 4.69) is 4.74 Å². The van der Waals surface area contributed by atoms with Crippen LogP contribution >= 0.6 is 11.6 Å². The van der Waals surface area contributed by atoms with Crippen molar-refractivity contribution in [1.29, 1.82) is 0 Å². The van der Waals surface area contributed by atoms with Crippen LogP contribution in [-0.4, -0.2) is 17.4 Å². The minimum atomic E-state index is -4.92. The molecule has 0 aliphatic rings. The molecule has 0 atom stereocenters. The SMILES string of the molecule is Nc1cc(OC(F)(F)F)c(Cl)cc1C(=O)O. The molecule has 0 radical (unpaired) electrons. The molecule has 0 saturated heterocycles. The van der Waals surface area contributed by atoms with Crippen molar-refractivity contribution in [3.8, 4) is 5.75 Å². The van der Waals surface area contributed by atoms with E-state index in [0.29, 0.717) is 6.07 Å². The summed E-state index contributed by atoms with van der Waals surface area (Å²) in [6.45, 7) is 0. The molecule has 0 aliphatic carbocycles. The van der Waals surface area contributed by atoms with Crippen LogP contribution in [0.5, 0.6) is 5.75 Å². The lowest BCUT2D eigenvalue weighted by molar-refractivity contribution is -0.274. The molecule has 1 aromatic rings. The van der Waals surface area contributed by atoms with E-state index in [1.807, 2.05) is 0 Å². The minimum Gasteiger partial charge on any atom is -0.478 e. The van der Waals surface area contributed by atoms with Crippen molar-refractivity contribution in [1.82, 2.24) is 0 Å². The number of ether oxygens (including phenoxy) is 1. The Morgan fingerprint density at radius 3 is 2.44 bits per heavy atom. The van der Waals surface area contributed by atoms with Gasteiger partial charge in [0, 0.05) is 11.8 Å². The summed E-state index contributed by atoms with van der Waals surface area (Å²) in [4.78, 5) is 10.6. The molecule has 8 heteroatoms. The van der Waals surface area contributed by atoms with Gasteiger partial charge in [0.2, 0.25) is 0 Å². The number of carboxylic acid groups (broad SMARTS) is 1. The third-order valence-corrected chi connectivity index (χ3v) is 1.86. The zero-order valence-corrected chi connectivity index (χ0v) is 8.26. The smallest absolute Gasteiger partial charge is 0.478 e. The first-order valence-electron chi connectivity index (χ1n) is 3.79. The quantitative estimate of drug-likeness (QED) is 0.797. The van der Waals surface area contributed by atoms with Crippen molar-refractivity contribution >= 4 is 23.3 Å². The lowest BCUT2D eigenvalue weighted by atomic mass is 10.2. The van der Waals surface area contributed by atoms with Crippen molar-refractivity contribution in [3.63, 3.8) is 0 Å². The van der Waals surface area contributed by atoms with Gasteiger partial charge in [0.15, 0.2) is 0 Å². The zero-order chi connectivity index (χ0) is 12.5. The zero-order valence-electron chi connectivity index (χ0n) is 7.51. The summed E-state index contributed by atoms with van der Waals surface area (Å²) in [7, 11) is 0. The van der Waals surface area contributed by atoms with Gasteiger partial charge in [-0.3, -0.25) is 0 Å². The lowest BCUT2D eigenvalue weighted by Crippen LogP contribution is -2.17. The Hall–Kier alpha value is -1.63. The second-order valence-corrected chi connectivity index (χ2v) is 3.13. The molecule has 0 aliphatic heterocycles. The number of rotatable bonds is 2. The van der Waals surface area contributed by atoms with Gasteiger partial charge in [0.1, 0.15) is 5.75 Å². The van der Waals surface area contributed by atoms with Crippen LogP contribution in [0.4, 0.5) is 18.9 Å². The molecule has 0 heterocycles. The summed E-state index contributed by atoms with van der Waals surface area (Å²) in [6, 6.07) is 1.50. The molecule has 1 aromatic carbocycles. The van der Waals surface area contributed by atoms with Crippen LogP contribution in [-0.2, 0) is 0 Å². The lowest BCUT2D eigenvalue weighted by Gasteiger charge is -2.11. The van der Waals surface area contributed by atoms with E-state index in [9.17, 15) is 18.0 Å². The summed E-state index contributed by atoms with van der Waals surface area (Å²) >= 11 is 5.41. The fourth-order valence-corrected chi connectivity index (χ4v) is 1.16. The van der Waals surface area contributed by atoms with Gasteiger partial charge in [0.25, 0.3) is 0 Å². The van der Waals surface area contributed by atoms with Crippen molar-refractivity contribution in [2.24, 2.45) is 0 Å². The third kappa shape index (κ3) is 2.93. The van der Waals surface area contributed by atoms with Crippen molar-refractivity contribution in [2.45, 2.75) is 6.36 Å². The number of carboxylic acids is 1. The molecular weight excluding hydrogens is 251 g/mol. The van der Waals surface area contributed by atoms with Gasteiger partial charge in [0.05, 0.1) is 10.6 Å². The standard InChI is InChI=1S/C8H5ClF3NO3/c9-4-1-3(7(14)15)5(13)2-6(4)16-8(10,11)12/h1-2H,13H2,(H,14,15). The number of alkyl halides is 3. The van der Waals surface area contributed by atoms with E-state index in [4.69, 9.17) is 22.4 Å². The number of carbonyl (C=O) groups is 1. The van der Waals surface area contributed by atoms with Crippen molar-refractivity contribution < 1.29 is 27.8 Å². The summed E-state index contributed by atoms with van der Waals surface area (Å²) in [5.41, 5.74) is 4.47. The summed E-state index contributed by atoms with van der Waals surface area (Å²) in [5, 5.41) is 8.13. The fourth-order valence-electron chi connectivity index (χ4n) is 0.957. The first-order chi connectivity index (χ1) is 7.20. The van der Waals surface area contributed by atoms with Crippen LogP contribution in [0, 0.1) is 0 Å². The number of aromatic carboxylic acids is 1. The Bertz CT molecular complexity index is 433. The molecule has 0 saturated carbocycles. The molecular formula is C8H5ClF3NO3. The number of hydrogen-bond donors (Lipinski definition) is 2. The van der Waals surface area contributed by atoms with Crippen LogP contribution in [0.2, 0.25) is 5.02 Å². The minimum absolute atomic E-state index is 0.365. The highest BCUT2D eigenvalue weighted by Crippen LogP contribution is 2.33. The molecule has 1 rings (SSSR count). The highest BCUT2D eigenvalue weighted by molar-refractivity contribution is 6.32. The fraction of sp³-hybridized carbons (Fsp3) is 0.125. The number of halogens is 4. The number of hydrogen-bond acceptors (Lipinski definition) is 3. The maximum atomic E-state index is 11.9. The Morgan fingerprint density at radius 2 is 2.00 bits per heavy atom. The molecule has 0 aromatic heterocycles. The number of nitrogens with two attached hydrogens (primary N) is 1. The predicted molar refractivity (Wildman–Crippen MR) is 49.5 cm³/mol. The summed E-state index contributed by atoms with van der Waals surface area (Å²) < 4.78 is 39.2. The van der Waals surface area contributed by atoms with Gasteiger partial charge in [-0.15, -0.1) is 13.2 Å². The van der Waals surface area contributed by atoms with Crippen molar-refractivity contribution in [2.75, 3.05) is 5.73 Å². The van der Waals surface area contributed by atoms with Crippen LogP contribution in [0.3, 0.4) is 0 Å². The van der Waals surface area contributed by atoms with Crippen LogP contribution in [0.15, 0.2) is 12.1 Å². The first-order valence-corrected chi connectivity index (χ1v) is 4.16. The highest BCUT2D eigenvalue weighted by atomic mass is 35.5. The first kappa shape index (κ1) is 12.4. The van der Waals surface area contributed by atoms with Crippen LogP contribution < -0.4 is 10.5 Å². The molecule has 0 unspecified atom stereocenters. The summed E-state index contributed by atoms with van der Waals surface area (Å²) in [6.07, 6.45) is -4.92.